The van der Waals surface area contributed by atoms with Crippen molar-refractivity contribution >= 4 is 34.1 Å². The highest BCUT2D eigenvalue weighted by atomic mass is 15.2. The largest absolute Gasteiger partial charge is 0.374 e. The summed E-state index contributed by atoms with van der Waals surface area (Å²) < 4.78 is 0. The molecule has 0 spiro atoms. The monoisotopic (exact) mass is 623 g/mol. The van der Waals surface area contributed by atoms with E-state index in [0.29, 0.717) is 5.92 Å². The molecule has 3 aromatic rings. The zero-order valence-electron chi connectivity index (χ0n) is 29.6. The molecule has 0 radical (unpaired) electrons. The zero-order chi connectivity index (χ0) is 33.4. The smallest absolute Gasteiger partial charge is 0.0856 e. The van der Waals surface area contributed by atoms with Gasteiger partial charge in [-0.15, -0.1) is 0 Å². The summed E-state index contributed by atoms with van der Waals surface area (Å²) in [5.41, 5.74) is 11.3. The molecule has 9 heteroatoms. The van der Waals surface area contributed by atoms with Crippen LogP contribution in [0.5, 0.6) is 0 Å². The minimum Gasteiger partial charge on any atom is -0.374 e. The van der Waals surface area contributed by atoms with Gasteiger partial charge in [0.15, 0.2) is 0 Å². The van der Waals surface area contributed by atoms with Gasteiger partial charge in [0.25, 0.3) is 0 Å². The first-order valence-corrected chi connectivity index (χ1v) is 16.4. The molecular weight excluding hydrogens is 570 g/mol. The fourth-order valence-corrected chi connectivity index (χ4v) is 6.98. The van der Waals surface area contributed by atoms with Crippen LogP contribution in [0.4, 0.5) is 34.1 Å². The van der Waals surface area contributed by atoms with Crippen molar-refractivity contribution in [1.29, 1.82) is 0 Å². The van der Waals surface area contributed by atoms with Gasteiger partial charge in [-0.2, -0.15) is 30.7 Å². The Kier molecular flexibility index (Phi) is 11.7. The molecule has 0 amide bonds. The van der Waals surface area contributed by atoms with Crippen molar-refractivity contribution in [2.45, 2.75) is 64.8 Å². The molecule has 0 aliphatic carbocycles. The molecule has 46 heavy (non-hydrogen) atoms. The number of fused-ring (bicyclic) bond motifs is 3. The van der Waals surface area contributed by atoms with E-state index in [9.17, 15) is 0 Å². The Morgan fingerprint density at radius 3 is 1.78 bits per heavy atom. The molecule has 2 atom stereocenters. The SMILES string of the molecule is CN=Nc1ccc2c(c1)C(C)CC(C)(C)N2C.CN=Nc1ccc2c(c1)CC(C)CN2C.CN=Nc1ccc2c(c1)CCCN2C. The highest BCUT2D eigenvalue weighted by molar-refractivity contribution is 5.64. The first kappa shape index (κ1) is 34.7. The lowest BCUT2D eigenvalue weighted by Gasteiger charge is -2.45. The summed E-state index contributed by atoms with van der Waals surface area (Å²) in [6, 6.07) is 19.0. The van der Waals surface area contributed by atoms with Crippen molar-refractivity contribution in [2.75, 3.05) is 70.1 Å². The Hall–Kier alpha value is -4.14. The van der Waals surface area contributed by atoms with Gasteiger partial charge in [0, 0.05) is 78.0 Å². The van der Waals surface area contributed by atoms with Crippen LogP contribution in [0.2, 0.25) is 0 Å². The van der Waals surface area contributed by atoms with Gasteiger partial charge >= 0.3 is 0 Å². The molecule has 3 aliphatic rings. The molecule has 3 aliphatic heterocycles. The van der Waals surface area contributed by atoms with Gasteiger partial charge in [0.05, 0.1) is 17.1 Å². The number of nitrogens with zero attached hydrogens (tertiary/aromatic N) is 9. The van der Waals surface area contributed by atoms with Crippen molar-refractivity contribution in [3.8, 4) is 0 Å². The van der Waals surface area contributed by atoms with E-state index >= 15 is 0 Å². The van der Waals surface area contributed by atoms with Crippen molar-refractivity contribution in [2.24, 2.45) is 36.6 Å². The summed E-state index contributed by atoms with van der Waals surface area (Å²) >= 11 is 0. The second-order valence-corrected chi connectivity index (χ2v) is 13.5. The Morgan fingerprint density at radius 2 is 1.20 bits per heavy atom. The number of aryl methyl sites for hydroxylation is 1. The summed E-state index contributed by atoms with van der Waals surface area (Å²) in [5.74, 6) is 1.29. The molecule has 6 rings (SSSR count). The van der Waals surface area contributed by atoms with Crippen LogP contribution in [0.1, 0.15) is 63.1 Å². The maximum Gasteiger partial charge on any atom is 0.0856 e. The minimum atomic E-state index is 0.222. The Morgan fingerprint density at radius 1 is 0.674 bits per heavy atom. The Balaban J connectivity index is 0.000000157. The lowest BCUT2D eigenvalue weighted by Crippen LogP contribution is -2.45. The van der Waals surface area contributed by atoms with E-state index < -0.39 is 0 Å². The molecule has 3 heterocycles. The lowest BCUT2D eigenvalue weighted by atomic mass is 9.80. The number of hydrogen-bond donors (Lipinski definition) is 0. The number of rotatable bonds is 3. The molecule has 3 aromatic carbocycles. The molecule has 0 saturated carbocycles. The van der Waals surface area contributed by atoms with E-state index in [0.717, 1.165) is 48.9 Å². The van der Waals surface area contributed by atoms with E-state index in [4.69, 9.17) is 0 Å². The lowest BCUT2D eigenvalue weighted by molar-refractivity contribution is 0.395. The van der Waals surface area contributed by atoms with Gasteiger partial charge in [-0.25, -0.2) is 0 Å². The van der Waals surface area contributed by atoms with Crippen LogP contribution >= 0.6 is 0 Å². The fraction of sp³-hybridized carbons (Fsp3) is 0.514. The molecule has 0 aromatic heterocycles. The number of anilines is 3. The van der Waals surface area contributed by atoms with Crippen molar-refractivity contribution in [3.63, 3.8) is 0 Å². The maximum atomic E-state index is 4.12. The number of azo groups is 3. The predicted molar refractivity (Wildman–Crippen MR) is 194 cm³/mol. The van der Waals surface area contributed by atoms with Crippen LogP contribution < -0.4 is 14.7 Å². The molecule has 9 nitrogen and oxygen atoms in total. The third kappa shape index (κ3) is 8.36. The standard InChI is InChI=1S/C14H21N3.C12H17N3.C11H15N3/c1-10-9-14(2,3)17(5)13-7-6-11(16-15-4)8-12(10)13;1-9-6-10-7-11(14-13-2)4-5-12(10)15(3)8-9;1-12-13-10-5-6-11-9(8-10)4-3-7-14(11)2/h6-8,10H,9H2,1-5H3;4-5,7,9H,6,8H2,1-3H3;5-6,8H,3-4,7H2,1-2H3. The molecular formula is C37H53N9. The van der Waals surface area contributed by atoms with E-state index in [2.05, 4.69) is 131 Å². The van der Waals surface area contributed by atoms with E-state index in [-0.39, 0.29) is 5.54 Å². The topological polar surface area (TPSA) is 83.9 Å². The summed E-state index contributed by atoms with van der Waals surface area (Å²) in [7, 11) is 11.6. The Bertz CT molecular complexity index is 1560. The van der Waals surface area contributed by atoms with Crippen LogP contribution in [0.15, 0.2) is 85.3 Å². The van der Waals surface area contributed by atoms with Crippen molar-refractivity contribution in [3.05, 3.63) is 71.3 Å². The second kappa shape index (κ2) is 15.4. The molecule has 2 unspecified atom stereocenters. The average molecular weight is 624 g/mol. The summed E-state index contributed by atoms with van der Waals surface area (Å²) in [5, 5.41) is 23.7. The van der Waals surface area contributed by atoms with Gasteiger partial charge in [0.1, 0.15) is 0 Å². The van der Waals surface area contributed by atoms with Crippen LogP contribution in [0, 0.1) is 5.92 Å². The summed E-state index contributed by atoms with van der Waals surface area (Å²) in [4.78, 5) is 6.98. The third-order valence-electron chi connectivity index (χ3n) is 9.31. The zero-order valence-corrected chi connectivity index (χ0v) is 29.6. The van der Waals surface area contributed by atoms with Gasteiger partial charge in [-0.3, -0.25) is 0 Å². The molecule has 0 fully saturated rings. The van der Waals surface area contributed by atoms with E-state index in [1.54, 1.807) is 21.1 Å². The van der Waals surface area contributed by atoms with Crippen LogP contribution in [0.25, 0.3) is 0 Å². The molecule has 246 valence electrons. The highest BCUT2D eigenvalue weighted by Gasteiger charge is 2.34. The minimum absolute atomic E-state index is 0.222. The number of hydrogen-bond acceptors (Lipinski definition) is 9. The Labute approximate surface area is 276 Å². The molecule has 0 bridgehead atoms. The number of benzene rings is 3. The van der Waals surface area contributed by atoms with Gasteiger partial charge in [-0.05, 0) is 123 Å². The van der Waals surface area contributed by atoms with Crippen LogP contribution in [0.3, 0.4) is 0 Å². The maximum absolute atomic E-state index is 4.12. The third-order valence-corrected chi connectivity index (χ3v) is 9.31. The van der Waals surface area contributed by atoms with Crippen LogP contribution in [-0.4, -0.2) is 60.9 Å². The van der Waals surface area contributed by atoms with E-state index in [1.807, 2.05) is 18.2 Å². The normalized spacial score (nSPS) is 20.1. The van der Waals surface area contributed by atoms with Crippen molar-refractivity contribution < 1.29 is 0 Å². The average Bonchev–Trinajstić information content (AvgIpc) is 3.01. The van der Waals surface area contributed by atoms with Gasteiger partial charge in [0.2, 0.25) is 0 Å². The summed E-state index contributed by atoms with van der Waals surface area (Å²) in [6.07, 6.45) is 4.71. The van der Waals surface area contributed by atoms with Crippen molar-refractivity contribution in [1.82, 2.24) is 0 Å². The molecule has 0 saturated heterocycles. The van der Waals surface area contributed by atoms with Crippen LogP contribution in [-0.2, 0) is 12.8 Å². The highest BCUT2D eigenvalue weighted by Crippen LogP contribution is 2.43. The summed E-state index contributed by atoms with van der Waals surface area (Å²) in [6.45, 7) is 11.5. The quantitative estimate of drug-likeness (QED) is 0.272. The second-order valence-electron chi connectivity index (χ2n) is 13.5. The molecule has 0 N–H and O–H groups in total. The van der Waals surface area contributed by atoms with Gasteiger partial charge < -0.3 is 14.7 Å². The first-order valence-electron chi connectivity index (χ1n) is 16.4. The predicted octanol–water partition coefficient (Wildman–Crippen LogP) is 9.93. The fourth-order valence-electron chi connectivity index (χ4n) is 6.98. The first-order chi connectivity index (χ1) is 22.0. The van der Waals surface area contributed by atoms with E-state index in [1.165, 1.54) is 46.6 Å². The van der Waals surface area contributed by atoms with Gasteiger partial charge in [-0.1, -0.05) is 13.8 Å².